The SMILES string of the molecule is C=CC(C)NCC(O)COc1ccc(Cl)cc1Cl. The van der Waals surface area contributed by atoms with Crippen LogP contribution in [0.15, 0.2) is 30.9 Å². The molecule has 5 heteroatoms. The van der Waals surface area contributed by atoms with Crippen LogP contribution < -0.4 is 10.1 Å². The standard InChI is InChI=1S/C13H17Cl2NO2/c1-3-9(2)16-7-11(17)8-18-13-5-4-10(14)6-12(13)15/h3-6,9,11,16-17H,1,7-8H2,2H3. The van der Waals surface area contributed by atoms with E-state index in [4.69, 9.17) is 27.9 Å². The molecule has 100 valence electrons. The van der Waals surface area contributed by atoms with E-state index in [0.29, 0.717) is 22.3 Å². The fourth-order valence-electron chi connectivity index (χ4n) is 1.24. The van der Waals surface area contributed by atoms with Gasteiger partial charge in [-0.15, -0.1) is 6.58 Å². The minimum Gasteiger partial charge on any atom is -0.489 e. The van der Waals surface area contributed by atoms with Gasteiger partial charge in [0, 0.05) is 17.6 Å². The lowest BCUT2D eigenvalue weighted by molar-refractivity contribution is 0.105. The van der Waals surface area contributed by atoms with E-state index in [1.807, 2.05) is 6.92 Å². The molecule has 2 atom stereocenters. The zero-order valence-electron chi connectivity index (χ0n) is 10.2. The Morgan fingerprint density at radius 2 is 2.22 bits per heavy atom. The third kappa shape index (κ3) is 5.27. The maximum atomic E-state index is 9.71. The molecule has 0 saturated carbocycles. The average molecular weight is 290 g/mol. The highest BCUT2D eigenvalue weighted by Crippen LogP contribution is 2.27. The molecule has 0 saturated heterocycles. The van der Waals surface area contributed by atoms with Gasteiger partial charge >= 0.3 is 0 Å². The van der Waals surface area contributed by atoms with E-state index in [9.17, 15) is 5.11 Å². The quantitative estimate of drug-likeness (QED) is 0.759. The van der Waals surface area contributed by atoms with E-state index < -0.39 is 6.10 Å². The molecule has 0 fully saturated rings. The van der Waals surface area contributed by atoms with Gasteiger partial charge in [0.2, 0.25) is 0 Å². The van der Waals surface area contributed by atoms with Crippen molar-refractivity contribution in [2.45, 2.75) is 19.1 Å². The van der Waals surface area contributed by atoms with Crippen LogP contribution in [0, 0.1) is 0 Å². The Hall–Kier alpha value is -0.740. The molecule has 0 heterocycles. The number of hydrogen-bond donors (Lipinski definition) is 2. The fourth-order valence-corrected chi connectivity index (χ4v) is 1.71. The molecule has 0 aliphatic rings. The van der Waals surface area contributed by atoms with Crippen molar-refractivity contribution in [1.29, 1.82) is 0 Å². The fraction of sp³-hybridized carbons (Fsp3) is 0.385. The van der Waals surface area contributed by atoms with E-state index >= 15 is 0 Å². The summed E-state index contributed by atoms with van der Waals surface area (Å²) in [4.78, 5) is 0. The third-order valence-electron chi connectivity index (χ3n) is 2.35. The van der Waals surface area contributed by atoms with Gasteiger partial charge in [-0.1, -0.05) is 29.3 Å². The summed E-state index contributed by atoms with van der Waals surface area (Å²) in [5.74, 6) is 0.511. The molecule has 0 aliphatic heterocycles. The highest BCUT2D eigenvalue weighted by Gasteiger charge is 2.08. The Bertz CT molecular complexity index is 399. The first-order valence-corrected chi connectivity index (χ1v) is 6.40. The normalized spacial score (nSPS) is 14.0. The summed E-state index contributed by atoms with van der Waals surface area (Å²) in [5.41, 5.74) is 0. The monoisotopic (exact) mass is 289 g/mol. The van der Waals surface area contributed by atoms with Crippen molar-refractivity contribution in [3.8, 4) is 5.75 Å². The van der Waals surface area contributed by atoms with Crippen molar-refractivity contribution in [1.82, 2.24) is 5.32 Å². The summed E-state index contributed by atoms with van der Waals surface area (Å²) < 4.78 is 5.41. The Morgan fingerprint density at radius 3 is 2.83 bits per heavy atom. The number of aliphatic hydroxyl groups is 1. The Labute approximate surface area is 117 Å². The van der Waals surface area contributed by atoms with Gasteiger partial charge in [-0.25, -0.2) is 0 Å². The molecular weight excluding hydrogens is 273 g/mol. The lowest BCUT2D eigenvalue weighted by atomic mass is 10.3. The van der Waals surface area contributed by atoms with Crippen LogP contribution in [0.25, 0.3) is 0 Å². The van der Waals surface area contributed by atoms with Crippen molar-refractivity contribution in [3.63, 3.8) is 0 Å². The number of benzene rings is 1. The number of aliphatic hydroxyl groups excluding tert-OH is 1. The first-order valence-electron chi connectivity index (χ1n) is 5.64. The van der Waals surface area contributed by atoms with Gasteiger partial charge in [0.05, 0.1) is 5.02 Å². The van der Waals surface area contributed by atoms with Crippen LogP contribution in [-0.2, 0) is 0 Å². The molecule has 18 heavy (non-hydrogen) atoms. The molecule has 2 unspecified atom stereocenters. The zero-order chi connectivity index (χ0) is 13.5. The summed E-state index contributed by atoms with van der Waals surface area (Å²) in [6.07, 6.45) is 1.16. The summed E-state index contributed by atoms with van der Waals surface area (Å²) in [6, 6.07) is 5.12. The van der Waals surface area contributed by atoms with Gasteiger partial charge < -0.3 is 15.2 Å². The largest absolute Gasteiger partial charge is 0.489 e. The zero-order valence-corrected chi connectivity index (χ0v) is 11.7. The summed E-state index contributed by atoms with van der Waals surface area (Å²) in [5, 5.41) is 13.8. The van der Waals surface area contributed by atoms with Crippen LogP contribution in [0.1, 0.15) is 6.92 Å². The van der Waals surface area contributed by atoms with Crippen molar-refractivity contribution in [2.75, 3.05) is 13.2 Å². The van der Waals surface area contributed by atoms with Crippen LogP contribution in [-0.4, -0.2) is 30.4 Å². The molecular formula is C13H17Cl2NO2. The van der Waals surface area contributed by atoms with E-state index in [0.717, 1.165) is 0 Å². The van der Waals surface area contributed by atoms with Crippen LogP contribution in [0.5, 0.6) is 5.75 Å². The van der Waals surface area contributed by atoms with Crippen molar-refractivity contribution >= 4 is 23.2 Å². The smallest absolute Gasteiger partial charge is 0.138 e. The van der Waals surface area contributed by atoms with Gasteiger partial charge in [-0.05, 0) is 25.1 Å². The van der Waals surface area contributed by atoms with Crippen LogP contribution in [0.4, 0.5) is 0 Å². The molecule has 0 amide bonds. The summed E-state index contributed by atoms with van der Waals surface area (Å²) in [7, 11) is 0. The second-order valence-corrected chi connectivity index (χ2v) is 4.82. The second-order valence-electron chi connectivity index (χ2n) is 3.97. The Kier molecular flexibility index (Phi) is 6.50. The Balaban J connectivity index is 2.37. The van der Waals surface area contributed by atoms with Crippen LogP contribution in [0.2, 0.25) is 10.0 Å². The highest BCUT2D eigenvalue weighted by molar-refractivity contribution is 6.35. The molecule has 0 aliphatic carbocycles. The molecule has 0 bridgehead atoms. The van der Waals surface area contributed by atoms with Crippen LogP contribution >= 0.6 is 23.2 Å². The molecule has 1 rings (SSSR count). The average Bonchev–Trinajstić information content (AvgIpc) is 2.34. The maximum absolute atomic E-state index is 9.71. The predicted molar refractivity (Wildman–Crippen MR) is 75.6 cm³/mol. The third-order valence-corrected chi connectivity index (χ3v) is 2.88. The second kappa shape index (κ2) is 7.64. The number of halogens is 2. The number of nitrogens with one attached hydrogen (secondary N) is 1. The molecule has 0 radical (unpaired) electrons. The van der Waals surface area contributed by atoms with Crippen molar-refractivity contribution < 1.29 is 9.84 Å². The van der Waals surface area contributed by atoms with Crippen molar-refractivity contribution in [3.05, 3.63) is 40.9 Å². The minimum absolute atomic E-state index is 0.152. The van der Waals surface area contributed by atoms with Gasteiger partial charge in [-0.3, -0.25) is 0 Å². The summed E-state index contributed by atoms with van der Waals surface area (Å²) >= 11 is 11.7. The van der Waals surface area contributed by atoms with Gasteiger partial charge in [-0.2, -0.15) is 0 Å². The van der Waals surface area contributed by atoms with Gasteiger partial charge in [0.15, 0.2) is 0 Å². The Morgan fingerprint density at radius 1 is 1.50 bits per heavy atom. The molecule has 0 aromatic heterocycles. The number of ether oxygens (including phenoxy) is 1. The van der Waals surface area contributed by atoms with Gasteiger partial charge in [0.25, 0.3) is 0 Å². The first kappa shape index (κ1) is 15.3. The predicted octanol–water partition coefficient (Wildman–Crippen LogP) is 2.90. The number of rotatable bonds is 7. The molecule has 1 aromatic rings. The molecule has 1 aromatic carbocycles. The van der Waals surface area contributed by atoms with Crippen molar-refractivity contribution in [2.24, 2.45) is 0 Å². The minimum atomic E-state index is -0.612. The molecule has 3 nitrogen and oxygen atoms in total. The van der Waals surface area contributed by atoms with E-state index in [-0.39, 0.29) is 12.6 Å². The first-order chi connectivity index (χ1) is 8.52. The maximum Gasteiger partial charge on any atom is 0.138 e. The lowest BCUT2D eigenvalue weighted by Gasteiger charge is -2.15. The summed E-state index contributed by atoms with van der Waals surface area (Å²) in [6.45, 7) is 6.20. The number of hydrogen-bond acceptors (Lipinski definition) is 3. The topological polar surface area (TPSA) is 41.5 Å². The lowest BCUT2D eigenvalue weighted by Crippen LogP contribution is -2.35. The van der Waals surface area contributed by atoms with E-state index in [1.165, 1.54) is 0 Å². The highest BCUT2D eigenvalue weighted by atomic mass is 35.5. The van der Waals surface area contributed by atoms with E-state index in [1.54, 1.807) is 24.3 Å². The molecule has 2 N–H and O–H groups in total. The van der Waals surface area contributed by atoms with Crippen LogP contribution in [0.3, 0.4) is 0 Å². The van der Waals surface area contributed by atoms with E-state index in [2.05, 4.69) is 11.9 Å². The molecule has 0 spiro atoms. The van der Waals surface area contributed by atoms with Gasteiger partial charge in [0.1, 0.15) is 18.5 Å².